The molecule has 3 heterocycles. The minimum absolute atomic E-state index is 0.000342. The molecule has 1 atom stereocenters. The van der Waals surface area contributed by atoms with Gasteiger partial charge in [-0.25, -0.2) is 4.98 Å². The van der Waals surface area contributed by atoms with Crippen molar-refractivity contribution in [1.82, 2.24) is 25.2 Å². The van der Waals surface area contributed by atoms with Gasteiger partial charge in [-0.3, -0.25) is 20.3 Å². The molecule has 10 heteroatoms. The Hall–Kier alpha value is -3.56. The maximum atomic E-state index is 12.7. The molecule has 1 aliphatic heterocycles. The number of phenolic OH excluding ortho intramolecular Hbond substituents is 1. The van der Waals surface area contributed by atoms with Gasteiger partial charge in [0, 0.05) is 31.7 Å². The van der Waals surface area contributed by atoms with E-state index >= 15 is 0 Å². The number of fused-ring (bicyclic) bond motifs is 1. The summed E-state index contributed by atoms with van der Waals surface area (Å²) in [5.74, 6) is 0.0533. The van der Waals surface area contributed by atoms with Crippen LogP contribution in [0.25, 0.3) is 10.9 Å². The molecule has 1 fully saturated rings. The van der Waals surface area contributed by atoms with Crippen LogP contribution in [0.15, 0.2) is 30.6 Å². The number of hydrogen-bond acceptors (Lipinski definition) is 8. The quantitative estimate of drug-likeness (QED) is 0.491. The predicted molar refractivity (Wildman–Crippen MR) is 106 cm³/mol. The summed E-state index contributed by atoms with van der Waals surface area (Å²) < 4.78 is 1.75. The number of para-hydroxylation sites is 1. The number of anilines is 3. The van der Waals surface area contributed by atoms with E-state index in [1.54, 1.807) is 23.0 Å². The predicted octanol–water partition coefficient (Wildman–Crippen LogP) is 1.01. The number of aryl methyl sites for hydroxylation is 1. The first-order chi connectivity index (χ1) is 13.5. The summed E-state index contributed by atoms with van der Waals surface area (Å²) in [4.78, 5) is 23.0. The van der Waals surface area contributed by atoms with Crippen molar-refractivity contribution >= 4 is 34.3 Å². The second-order valence-corrected chi connectivity index (χ2v) is 6.88. The normalized spacial score (nSPS) is 16.9. The molecule has 0 aliphatic carbocycles. The van der Waals surface area contributed by atoms with Gasteiger partial charge in [0.05, 0.1) is 17.8 Å². The third kappa shape index (κ3) is 3.48. The molecule has 5 N–H and O–H groups in total. The summed E-state index contributed by atoms with van der Waals surface area (Å²) in [5.41, 5.74) is 12.6. The van der Waals surface area contributed by atoms with Crippen molar-refractivity contribution in [2.75, 3.05) is 29.1 Å². The van der Waals surface area contributed by atoms with E-state index in [0.717, 1.165) is 25.1 Å². The van der Waals surface area contributed by atoms with Gasteiger partial charge < -0.3 is 15.7 Å². The van der Waals surface area contributed by atoms with Gasteiger partial charge in [-0.2, -0.15) is 10.1 Å². The molecule has 0 bridgehead atoms. The largest absolute Gasteiger partial charge is 0.506 e. The zero-order chi connectivity index (χ0) is 19.7. The molecule has 4 rings (SSSR count). The van der Waals surface area contributed by atoms with Crippen molar-refractivity contribution in [1.29, 1.82) is 0 Å². The number of phenols is 1. The van der Waals surface area contributed by atoms with Crippen molar-refractivity contribution in [3.63, 3.8) is 0 Å². The molecule has 0 unspecified atom stereocenters. The Balaban J connectivity index is 1.46. The van der Waals surface area contributed by atoms with E-state index < -0.39 is 0 Å². The van der Waals surface area contributed by atoms with E-state index in [1.165, 1.54) is 6.07 Å². The lowest BCUT2D eigenvalue weighted by Crippen LogP contribution is -2.44. The molecule has 1 saturated heterocycles. The van der Waals surface area contributed by atoms with E-state index in [1.807, 2.05) is 13.2 Å². The third-order valence-electron chi connectivity index (χ3n) is 4.88. The van der Waals surface area contributed by atoms with Crippen LogP contribution < -0.4 is 21.5 Å². The van der Waals surface area contributed by atoms with Crippen LogP contribution in [0.1, 0.15) is 12.8 Å². The van der Waals surface area contributed by atoms with Crippen LogP contribution in [-0.4, -0.2) is 43.9 Å². The fourth-order valence-corrected chi connectivity index (χ4v) is 3.47. The monoisotopic (exact) mass is 382 g/mol. The number of rotatable bonds is 4. The molecule has 1 aliphatic rings. The Labute approximate surface area is 161 Å². The first-order valence-corrected chi connectivity index (χ1v) is 9.06. The Kier molecular flexibility index (Phi) is 4.60. The Morgan fingerprint density at radius 3 is 3.00 bits per heavy atom. The number of hydrazine groups is 1. The maximum Gasteiger partial charge on any atom is 0.243 e. The fraction of sp³-hybridized carbons (Fsp3) is 0.333. The van der Waals surface area contributed by atoms with Gasteiger partial charge >= 0.3 is 0 Å². The van der Waals surface area contributed by atoms with Gasteiger partial charge in [0.15, 0.2) is 5.82 Å². The van der Waals surface area contributed by atoms with E-state index in [9.17, 15) is 9.90 Å². The smallest absolute Gasteiger partial charge is 0.243 e. The molecule has 28 heavy (non-hydrogen) atoms. The highest BCUT2D eigenvalue weighted by molar-refractivity contribution is 5.94. The Morgan fingerprint density at radius 2 is 2.21 bits per heavy atom. The zero-order valence-corrected chi connectivity index (χ0v) is 15.5. The van der Waals surface area contributed by atoms with Crippen LogP contribution in [0.4, 0.5) is 17.5 Å². The maximum absolute atomic E-state index is 12.7. The Bertz CT molecular complexity index is 1020. The van der Waals surface area contributed by atoms with E-state index in [2.05, 4.69) is 30.8 Å². The molecule has 1 aromatic carbocycles. The first-order valence-electron chi connectivity index (χ1n) is 9.06. The average Bonchev–Trinajstić information content (AvgIpc) is 3.13. The molecular weight excluding hydrogens is 360 g/mol. The minimum Gasteiger partial charge on any atom is -0.506 e. The lowest BCUT2D eigenvalue weighted by molar-refractivity contribution is -0.124. The van der Waals surface area contributed by atoms with Crippen LogP contribution in [0, 0.1) is 5.92 Å². The summed E-state index contributed by atoms with van der Waals surface area (Å²) in [6.45, 7) is 1.52. The van der Waals surface area contributed by atoms with Crippen molar-refractivity contribution in [3.05, 3.63) is 30.6 Å². The van der Waals surface area contributed by atoms with Crippen LogP contribution in [0.5, 0.6) is 5.75 Å². The number of amides is 1. The van der Waals surface area contributed by atoms with Crippen LogP contribution >= 0.6 is 0 Å². The molecule has 0 spiro atoms. The number of nitrogens with zero attached hydrogens (tertiary/aromatic N) is 5. The number of hydrogen-bond donors (Lipinski definition) is 4. The molecule has 3 aromatic rings. The number of aromatic hydroxyl groups is 1. The number of piperidine rings is 1. The number of carbonyl (C=O) groups excluding carboxylic acids is 1. The molecule has 2 aromatic heterocycles. The highest BCUT2D eigenvalue weighted by atomic mass is 16.3. The number of nitrogens with one attached hydrogen (secondary N) is 2. The molecule has 10 nitrogen and oxygen atoms in total. The van der Waals surface area contributed by atoms with Gasteiger partial charge in [0.25, 0.3) is 0 Å². The number of carbonyl (C=O) groups is 1. The average molecular weight is 382 g/mol. The van der Waals surface area contributed by atoms with Gasteiger partial charge in [0.1, 0.15) is 11.3 Å². The van der Waals surface area contributed by atoms with Crippen LogP contribution in [0.3, 0.4) is 0 Å². The fourth-order valence-electron chi connectivity index (χ4n) is 3.47. The second-order valence-electron chi connectivity index (χ2n) is 6.88. The topological polar surface area (TPSA) is 134 Å². The Morgan fingerprint density at radius 1 is 1.36 bits per heavy atom. The zero-order valence-electron chi connectivity index (χ0n) is 15.5. The summed E-state index contributed by atoms with van der Waals surface area (Å²) in [6.07, 6.45) is 5.48. The number of nitrogen functional groups attached to an aromatic ring is 1. The summed E-state index contributed by atoms with van der Waals surface area (Å²) in [5, 5.41) is 14.7. The lowest BCUT2D eigenvalue weighted by Gasteiger charge is -2.32. The third-order valence-corrected chi connectivity index (χ3v) is 4.88. The SMILES string of the molecule is Cn1cc(N2CCC[C@H](C(=O)NNc3nc(N)nc4c(O)cccc34)C2)cn1. The van der Waals surface area contributed by atoms with E-state index in [0.29, 0.717) is 23.3 Å². The van der Waals surface area contributed by atoms with Crippen molar-refractivity contribution in [2.45, 2.75) is 12.8 Å². The van der Waals surface area contributed by atoms with Gasteiger partial charge in [-0.05, 0) is 25.0 Å². The molecule has 1 amide bonds. The molecule has 0 saturated carbocycles. The first kappa shape index (κ1) is 17.8. The highest BCUT2D eigenvalue weighted by Gasteiger charge is 2.26. The molecular formula is C18H22N8O2. The molecule has 146 valence electrons. The van der Waals surface area contributed by atoms with Gasteiger partial charge in [0.2, 0.25) is 11.9 Å². The van der Waals surface area contributed by atoms with Crippen molar-refractivity contribution in [3.8, 4) is 5.75 Å². The van der Waals surface area contributed by atoms with Crippen LogP contribution in [-0.2, 0) is 11.8 Å². The summed E-state index contributed by atoms with van der Waals surface area (Å²) >= 11 is 0. The van der Waals surface area contributed by atoms with Gasteiger partial charge in [-0.15, -0.1) is 0 Å². The highest BCUT2D eigenvalue weighted by Crippen LogP contribution is 2.28. The van der Waals surface area contributed by atoms with Crippen LogP contribution in [0.2, 0.25) is 0 Å². The summed E-state index contributed by atoms with van der Waals surface area (Å²) in [6, 6.07) is 4.94. The summed E-state index contributed by atoms with van der Waals surface area (Å²) in [7, 11) is 1.87. The standard InChI is InChI=1S/C18H22N8O2/c1-25-10-12(8-20-25)26-7-3-4-11(9-26)17(28)24-23-16-13-5-2-6-14(27)15(13)21-18(19)22-16/h2,5-6,8,10-11,27H,3-4,7,9H2,1H3,(H,24,28)(H3,19,21,22,23)/t11-/m0/s1. The lowest BCUT2D eigenvalue weighted by atomic mass is 9.97. The van der Waals surface area contributed by atoms with Crippen molar-refractivity contribution < 1.29 is 9.90 Å². The van der Waals surface area contributed by atoms with Crippen molar-refractivity contribution in [2.24, 2.45) is 13.0 Å². The number of benzene rings is 1. The number of nitrogens with two attached hydrogens (primary N) is 1. The number of aromatic nitrogens is 4. The van der Waals surface area contributed by atoms with Gasteiger partial charge in [-0.1, -0.05) is 6.07 Å². The van der Waals surface area contributed by atoms with E-state index in [-0.39, 0.29) is 23.5 Å². The minimum atomic E-state index is -0.166. The van der Waals surface area contributed by atoms with E-state index in [4.69, 9.17) is 5.73 Å². The molecule has 0 radical (unpaired) electrons. The second kappa shape index (κ2) is 7.22.